The molecule has 1 atom stereocenters. The molecule has 5 rings (SSSR count). The van der Waals surface area contributed by atoms with Gasteiger partial charge >= 0.3 is 0 Å². The van der Waals surface area contributed by atoms with E-state index in [1.165, 1.54) is 11.1 Å². The number of hydrogen-bond acceptors (Lipinski definition) is 5. The minimum atomic E-state index is -0.643. The van der Waals surface area contributed by atoms with Crippen LogP contribution in [0.2, 0.25) is 0 Å². The topological polar surface area (TPSA) is 72.9 Å². The van der Waals surface area contributed by atoms with Gasteiger partial charge in [-0.1, -0.05) is 18.1 Å². The van der Waals surface area contributed by atoms with E-state index in [0.29, 0.717) is 5.84 Å². The molecule has 2 heterocycles. The molecule has 32 heavy (non-hydrogen) atoms. The van der Waals surface area contributed by atoms with Gasteiger partial charge in [0.05, 0.1) is 11.3 Å². The summed E-state index contributed by atoms with van der Waals surface area (Å²) in [5.41, 5.74) is 12.0. The summed E-state index contributed by atoms with van der Waals surface area (Å²) in [5, 5.41) is 0. The predicted octanol–water partition coefficient (Wildman–Crippen LogP) is 4.63. The lowest BCUT2D eigenvalue weighted by Gasteiger charge is -2.47. The van der Waals surface area contributed by atoms with Crippen LogP contribution in [-0.4, -0.2) is 29.2 Å². The Labute approximate surface area is 190 Å². The summed E-state index contributed by atoms with van der Waals surface area (Å²) in [4.78, 5) is 14.7. The van der Waals surface area contributed by atoms with Crippen LogP contribution in [0.1, 0.15) is 63.1 Å². The third kappa shape index (κ3) is 3.01. The summed E-state index contributed by atoms with van der Waals surface area (Å²) in [6.45, 7) is 6.03. The second-order valence-corrected chi connectivity index (χ2v) is 9.69. The lowest BCUT2D eigenvalue weighted by Crippen LogP contribution is -2.46. The average molecular weight is 427 g/mol. The van der Waals surface area contributed by atoms with Gasteiger partial charge in [-0.05, 0) is 76.1 Å². The summed E-state index contributed by atoms with van der Waals surface area (Å²) in [6.07, 6.45) is 8.68. The molecule has 164 valence electrons. The van der Waals surface area contributed by atoms with Crippen molar-refractivity contribution in [2.24, 2.45) is 21.1 Å². The van der Waals surface area contributed by atoms with Gasteiger partial charge in [0.25, 0.3) is 0 Å². The van der Waals surface area contributed by atoms with E-state index in [0.717, 1.165) is 54.5 Å². The van der Waals surface area contributed by atoms with Crippen molar-refractivity contribution in [3.63, 3.8) is 0 Å². The molecule has 1 aromatic carbocycles. The maximum Gasteiger partial charge on any atom is 0.184 e. The number of fused-ring (bicyclic) bond motifs is 3. The third-order valence-electron chi connectivity index (χ3n) is 7.83. The van der Waals surface area contributed by atoms with Crippen LogP contribution in [0.15, 0.2) is 46.6 Å². The molecule has 1 aliphatic heterocycles. The van der Waals surface area contributed by atoms with Crippen LogP contribution in [0.5, 0.6) is 0 Å². The van der Waals surface area contributed by atoms with Crippen molar-refractivity contribution in [3.05, 3.63) is 53.3 Å². The Morgan fingerprint density at radius 3 is 2.47 bits per heavy atom. The number of nitrogens with zero attached hydrogens (tertiary/aromatic N) is 3. The van der Waals surface area contributed by atoms with Crippen molar-refractivity contribution < 1.29 is 4.74 Å². The molecule has 1 aromatic heterocycles. The van der Waals surface area contributed by atoms with Crippen molar-refractivity contribution in [3.8, 4) is 23.0 Å². The van der Waals surface area contributed by atoms with Crippen molar-refractivity contribution in [2.45, 2.75) is 64.1 Å². The number of rotatable bonds is 2. The molecule has 2 aromatic rings. The summed E-state index contributed by atoms with van der Waals surface area (Å²) in [5.74, 6) is 6.62. The molecule has 5 heteroatoms. The van der Waals surface area contributed by atoms with E-state index in [9.17, 15) is 0 Å². The highest BCUT2D eigenvalue weighted by Crippen LogP contribution is 2.63. The number of methoxy groups -OCH3 is 1. The number of aromatic nitrogens is 1. The van der Waals surface area contributed by atoms with E-state index < -0.39 is 5.66 Å². The summed E-state index contributed by atoms with van der Waals surface area (Å²) in [6, 6.07) is 8.78. The van der Waals surface area contributed by atoms with E-state index in [2.05, 4.69) is 48.0 Å². The molecule has 5 nitrogen and oxygen atoms in total. The summed E-state index contributed by atoms with van der Waals surface area (Å²) in [7, 11) is 1.82. The lowest BCUT2D eigenvalue weighted by molar-refractivity contribution is -0.0679. The third-order valence-corrected chi connectivity index (χ3v) is 7.83. The number of benzene rings is 1. The Hall–Kier alpha value is -2.97. The number of amidine groups is 1. The van der Waals surface area contributed by atoms with E-state index >= 15 is 0 Å². The number of aliphatic imine (C=N–C) groups is 2. The van der Waals surface area contributed by atoms with Crippen LogP contribution in [0, 0.1) is 17.3 Å². The minimum absolute atomic E-state index is 0.0673. The first kappa shape index (κ1) is 20.9. The van der Waals surface area contributed by atoms with Crippen LogP contribution < -0.4 is 5.73 Å². The van der Waals surface area contributed by atoms with E-state index in [-0.39, 0.29) is 11.0 Å². The highest BCUT2D eigenvalue weighted by atomic mass is 16.5. The fraction of sp³-hybridized carbons (Fsp3) is 0.444. The minimum Gasteiger partial charge on any atom is -0.382 e. The Morgan fingerprint density at radius 1 is 1.03 bits per heavy atom. The van der Waals surface area contributed by atoms with Crippen molar-refractivity contribution in [1.82, 2.24) is 4.98 Å². The van der Waals surface area contributed by atoms with Gasteiger partial charge in [0.1, 0.15) is 5.84 Å². The van der Waals surface area contributed by atoms with Crippen molar-refractivity contribution >= 4 is 11.5 Å². The standard InChI is InChI=1S/C27H30N4O/c1-5-6-19-13-22(17-29-16-19)20-7-8-21-15-26(11-9-25(3,32-4)10-12-26)27(23(21)14-20)30-18(2)24(28)31-27/h7-8,13-14,16-17H,9-12,15H2,1-4H3,(H2,28,31)/t25-,26+,27-/m0/s1. The maximum absolute atomic E-state index is 6.33. The molecule has 1 saturated carbocycles. The zero-order valence-electron chi connectivity index (χ0n) is 19.3. The zero-order valence-corrected chi connectivity index (χ0v) is 19.3. The Balaban J connectivity index is 1.63. The smallest absolute Gasteiger partial charge is 0.184 e. The number of nitrogens with two attached hydrogens (primary N) is 1. The second kappa shape index (κ2) is 7.28. The van der Waals surface area contributed by atoms with Gasteiger partial charge in [0.15, 0.2) is 5.66 Å². The molecular formula is C27H30N4O. The molecule has 1 fully saturated rings. The molecule has 2 aliphatic carbocycles. The first-order valence-corrected chi connectivity index (χ1v) is 11.3. The zero-order chi connectivity index (χ0) is 22.6. The van der Waals surface area contributed by atoms with Gasteiger partial charge in [-0.25, -0.2) is 4.99 Å². The molecular weight excluding hydrogens is 396 g/mol. The van der Waals surface area contributed by atoms with Gasteiger partial charge < -0.3 is 10.5 Å². The Morgan fingerprint density at radius 2 is 1.81 bits per heavy atom. The Bertz CT molecular complexity index is 1190. The number of pyridine rings is 1. The molecule has 2 spiro atoms. The van der Waals surface area contributed by atoms with Crippen LogP contribution >= 0.6 is 0 Å². The normalized spacial score (nSPS) is 30.6. The van der Waals surface area contributed by atoms with Crippen LogP contribution in [0.3, 0.4) is 0 Å². The summed E-state index contributed by atoms with van der Waals surface area (Å²) < 4.78 is 5.85. The highest BCUT2D eigenvalue weighted by molar-refractivity contribution is 6.41. The molecule has 0 radical (unpaired) electrons. The second-order valence-electron chi connectivity index (χ2n) is 9.69. The first-order chi connectivity index (χ1) is 15.3. The first-order valence-electron chi connectivity index (χ1n) is 11.3. The van der Waals surface area contributed by atoms with E-state index in [1.807, 2.05) is 27.2 Å². The molecule has 0 bridgehead atoms. The van der Waals surface area contributed by atoms with Crippen LogP contribution in [0.25, 0.3) is 11.1 Å². The molecule has 0 saturated heterocycles. The summed E-state index contributed by atoms with van der Waals surface area (Å²) >= 11 is 0. The van der Waals surface area contributed by atoms with E-state index in [1.54, 1.807) is 6.20 Å². The average Bonchev–Trinajstić information content (AvgIpc) is 3.24. The molecule has 3 aliphatic rings. The van der Waals surface area contributed by atoms with Crippen LogP contribution in [-0.2, 0) is 16.8 Å². The predicted molar refractivity (Wildman–Crippen MR) is 129 cm³/mol. The number of ether oxygens (including phenoxy) is 1. The Kier molecular flexibility index (Phi) is 4.76. The molecule has 2 N–H and O–H groups in total. The van der Waals surface area contributed by atoms with Gasteiger partial charge in [0.2, 0.25) is 0 Å². The number of hydrogen-bond donors (Lipinski definition) is 1. The van der Waals surface area contributed by atoms with Gasteiger partial charge in [-0.2, -0.15) is 0 Å². The van der Waals surface area contributed by atoms with Gasteiger partial charge in [-0.3, -0.25) is 9.98 Å². The quantitative estimate of drug-likeness (QED) is 0.712. The van der Waals surface area contributed by atoms with E-state index in [4.69, 9.17) is 20.5 Å². The van der Waals surface area contributed by atoms with Gasteiger partial charge in [0, 0.05) is 41.6 Å². The fourth-order valence-corrected chi connectivity index (χ4v) is 5.74. The molecule has 0 unspecified atom stereocenters. The maximum atomic E-state index is 6.33. The van der Waals surface area contributed by atoms with Crippen molar-refractivity contribution in [1.29, 1.82) is 0 Å². The molecule has 0 amide bonds. The highest BCUT2D eigenvalue weighted by Gasteiger charge is 2.61. The fourth-order valence-electron chi connectivity index (χ4n) is 5.74. The van der Waals surface area contributed by atoms with Gasteiger partial charge in [-0.15, -0.1) is 5.92 Å². The monoisotopic (exact) mass is 426 g/mol. The lowest BCUT2D eigenvalue weighted by atomic mass is 9.63. The van der Waals surface area contributed by atoms with Crippen LogP contribution in [0.4, 0.5) is 0 Å². The largest absolute Gasteiger partial charge is 0.382 e. The SMILES string of the molecule is CC#Cc1cncc(-c2ccc3c(c2)[C@@]2(N=C(C)C(N)=N2)[C@]2(CC[C@@](C)(OC)CC2)C3)c1. The van der Waals surface area contributed by atoms with Crippen molar-refractivity contribution in [2.75, 3.05) is 7.11 Å².